The van der Waals surface area contributed by atoms with E-state index in [0.717, 1.165) is 24.0 Å². The fourth-order valence-electron chi connectivity index (χ4n) is 6.94. The third-order valence-electron chi connectivity index (χ3n) is 8.59. The van der Waals surface area contributed by atoms with Gasteiger partial charge in [-0.15, -0.1) is 0 Å². The van der Waals surface area contributed by atoms with E-state index in [1.165, 1.54) is 11.0 Å². The van der Waals surface area contributed by atoms with Crippen LogP contribution < -0.4 is 5.73 Å². The van der Waals surface area contributed by atoms with Crippen molar-refractivity contribution in [3.63, 3.8) is 0 Å². The number of aryl methyl sites for hydroxylation is 1. The zero-order valence-corrected chi connectivity index (χ0v) is 22.0. The molecule has 1 amide bonds. The van der Waals surface area contributed by atoms with E-state index in [4.69, 9.17) is 5.73 Å². The van der Waals surface area contributed by atoms with Gasteiger partial charge >= 0.3 is 0 Å². The summed E-state index contributed by atoms with van der Waals surface area (Å²) >= 11 is 0. The minimum atomic E-state index is -2.73. The van der Waals surface area contributed by atoms with Crippen molar-refractivity contribution in [2.24, 2.45) is 29.4 Å². The molecule has 0 radical (unpaired) electrons. The number of amides is 1. The van der Waals surface area contributed by atoms with Gasteiger partial charge in [0.05, 0.1) is 17.5 Å². The number of nitrogens with zero attached hydrogens (tertiary/aromatic N) is 2. The predicted molar refractivity (Wildman–Crippen MR) is 139 cm³/mol. The molecule has 10 heteroatoms. The van der Waals surface area contributed by atoms with Crippen molar-refractivity contribution >= 4 is 29.0 Å². The Morgan fingerprint density at radius 3 is 2.51 bits per heavy atom. The van der Waals surface area contributed by atoms with Gasteiger partial charge in [-0.2, -0.15) is 0 Å². The number of rotatable bonds is 5. The van der Waals surface area contributed by atoms with Crippen molar-refractivity contribution in [3.05, 3.63) is 47.3 Å². The molecule has 6 unspecified atom stereocenters. The van der Waals surface area contributed by atoms with E-state index in [1.807, 2.05) is 6.07 Å². The highest BCUT2D eigenvalue weighted by Gasteiger charge is 2.69. The highest BCUT2D eigenvalue weighted by atomic mass is 16.3. The topological polar surface area (TPSA) is 168 Å². The van der Waals surface area contributed by atoms with E-state index in [9.17, 15) is 34.2 Å². The first-order valence-corrected chi connectivity index (χ1v) is 13.1. The molecule has 1 aromatic heterocycles. The number of benzene rings is 1. The van der Waals surface area contributed by atoms with Crippen LogP contribution in [0.25, 0.3) is 11.1 Å². The number of aromatic hydroxyl groups is 1. The number of likely N-dealkylation sites (N-methyl/N-ethyl adjacent to an activating group) is 1. The SMILES string of the molecule is CCCc1cncc(-c2ccc(O)c3c2CC2CC4C(N(C)C)C(=O)C(C(N)=O)C(=O)C4(O)C(=O)C2C3=O)c1. The number of hydrogen-bond donors (Lipinski definition) is 3. The van der Waals surface area contributed by atoms with Crippen molar-refractivity contribution in [2.75, 3.05) is 14.1 Å². The van der Waals surface area contributed by atoms with Gasteiger partial charge in [-0.25, -0.2) is 0 Å². The van der Waals surface area contributed by atoms with Crippen molar-refractivity contribution in [2.45, 2.75) is 44.2 Å². The molecule has 0 spiro atoms. The average Bonchev–Trinajstić information content (AvgIpc) is 2.86. The van der Waals surface area contributed by atoms with Crippen LogP contribution in [0.1, 0.15) is 41.3 Å². The van der Waals surface area contributed by atoms with Crippen molar-refractivity contribution in [3.8, 4) is 16.9 Å². The number of hydrogen-bond acceptors (Lipinski definition) is 9. The van der Waals surface area contributed by atoms with Crippen LogP contribution in [0.2, 0.25) is 0 Å². The van der Waals surface area contributed by atoms with Crippen LogP contribution in [0.5, 0.6) is 5.75 Å². The third-order valence-corrected chi connectivity index (χ3v) is 8.59. The lowest BCUT2D eigenvalue weighted by Gasteiger charge is -2.52. The number of ketones is 4. The number of pyridine rings is 1. The minimum absolute atomic E-state index is 0.00706. The molecule has 3 aliphatic carbocycles. The molecule has 0 bridgehead atoms. The summed E-state index contributed by atoms with van der Waals surface area (Å²) in [4.78, 5) is 72.2. The number of phenols is 1. The first kappa shape index (κ1) is 26.8. The number of primary amides is 1. The first-order valence-electron chi connectivity index (χ1n) is 13.1. The van der Waals surface area contributed by atoms with Crippen molar-refractivity contribution in [1.82, 2.24) is 9.88 Å². The molecule has 2 fully saturated rings. The van der Waals surface area contributed by atoms with Crippen molar-refractivity contribution in [1.29, 1.82) is 0 Å². The molecule has 0 saturated heterocycles. The molecule has 6 atom stereocenters. The summed E-state index contributed by atoms with van der Waals surface area (Å²) in [6.07, 6.45) is 5.41. The maximum Gasteiger partial charge on any atom is 0.235 e. The number of aliphatic hydroxyl groups is 1. The monoisotopic (exact) mass is 533 g/mol. The summed E-state index contributed by atoms with van der Waals surface area (Å²) in [5.74, 6) is -10.6. The fraction of sp³-hybridized carbons (Fsp3) is 0.448. The second-order valence-electron chi connectivity index (χ2n) is 11.1. The molecule has 204 valence electrons. The van der Waals surface area contributed by atoms with Gasteiger partial charge in [-0.3, -0.25) is 33.9 Å². The van der Waals surface area contributed by atoms with Crippen LogP contribution in [-0.4, -0.2) is 74.9 Å². The molecular formula is C29H31N3O7. The molecule has 4 N–H and O–H groups in total. The first-order chi connectivity index (χ1) is 18.4. The molecule has 1 heterocycles. The molecule has 0 aliphatic heterocycles. The Balaban J connectivity index is 1.64. The molecule has 1 aromatic carbocycles. The van der Waals surface area contributed by atoms with Crippen LogP contribution >= 0.6 is 0 Å². The second-order valence-corrected chi connectivity index (χ2v) is 11.1. The van der Waals surface area contributed by atoms with Gasteiger partial charge in [-0.05, 0) is 68.1 Å². The lowest BCUT2D eigenvalue weighted by Crippen LogP contribution is -2.74. The summed E-state index contributed by atoms with van der Waals surface area (Å²) < 4.78 is 0. The number of Topliss-reactive ketones (excluding diaryl/α,β-unsaturated/α-hetero) is 4. The van der Waals surface area contributed by atoms with Gasteiger partial charge in [0.15, 0.2) is 34.7 Å². The summed E-state index contributed by atoms with van der Waals surface area (Å²) in [5.41, 5.74) is 5.63. The Bertz CT molecular complexity index is 1430. The Kier molecular flexibility index (Phi) is 6.51. The lowest BCUT2D eigenvalue weighted by atomic mass is 9.52. The molecule has 39 heavy (non-hydrogen) atoms. The molecule has 10 nitrogen and oxygen atoms in total. The van der Waals surface area contributed by atoms with Crippen LogP contribution in [0.3, 0.4) is 0 Å². The zero-order chi connectivity index (χ0) is 28.4. The quantitative estimate of drug-likeness (QED) is 0.473. The maximum atomic E-state index is 13.9. The van der Waals surface area contributed by atoms with E-state index >= 15 is 0 Å². The third kappa shape index (κ3) is 3.84. The molecule has 2 aromatic rings. The van der Waals surface area contributed by atoms with Gasteiger partial charge in [0.1, 0.15) is 5.75 Å². The smallest absolute Gasteiger partial charge is 0.235 e. The summed E-state index contributed by atoms with van der Waals surface area (Å²) in [6.45, 7) is 2.06. The fourth-order valence-corrected chi connectivity index (χ4v) is 6.94. The van der Waals surface area contributed by atoms with Crippen molar-refractivity contribution < 1.29 is 34.2 Å². The number of fused-ring (bicyclic) bond motifs is 3. The van der Waals surface area contributed by atoms with E-state index in [2.05, 4.69) is 11.9 Å². The van der Waals surface area contributed by atoms with Crippen LogP contribution in [0.4, 0.5) is 0 Å². The van der Waals surface area contributed by atoms with Gasteiger partial charge in [-0.1, -0.05) is 19.4 Å². The predicted octanol–water partition coefficient (Wildman–Crippen LogP) is 0.881. The van der Waals surface area contributed by atoms with E-state index in [0.29, 0.717) is 11.1 Å². The van der Waals surface area contributed by atoms with Crippen LogP contribution in [-0.2, 0) is 32.0 Å². The lowest BCUT2D eigenvalue weighted by molar-refractivity contribution is -0.181. The van der Waals surface area contributed by atoms with Gasteiger partial charge in [0, 0.05) is 23.9 Å². The molecule has 3 aliphatic rings. The molecule has 5 rings (SSSR count). The van der Waals surface area contributed by atoms with E-state index < -0.39 is 64.4 Å². The minimum Gasteiger partial charge on any atom is -0.507 e. The van der Waals surface area contributed by atoms with Gasteiger partial charge < -0.3 is 15.9 Å². The Labute approximate surface area is 225 Å². The Morgan fingerprint density at radius 2 is 1.87 bits per heavy atom. The summed E-state index contributed by atoms with van der Waals surface area (Å²) in [7, 11) is 3.11. The molecule has 2 saturated carbocycles. The molecular weight excluding hydrogens is 502 g/mol. The zero-order valence-electron chi connectivity index (χ0n) is 22.0. The average molecular weight is 534 g/mol. The van der Waals surface area contributed by atoms with Crippen LogP contribution in [0, 0.1) is 23.7 Å². The number of carbonyl (C=O) groups excluding carboxylic acids is 5. The highest BCUT2D eigenvalue weighted by Crippen LogP contribution is 2.51. The second kappa shape index (κ2) is 9.46. The highest BCUT2D eigenvalue weighted by molar-refractivity contribution is 6.32. The number of aromatic nitrogens is 1. The van der Waals surface area contributed by atoms with Gasteiger partial charge in [0.25, 0.3) is 0 Å². The normalized spacial score (nSPS) is 30.1. The number of phenolic OH excluding ortho intramolecular Hbond substituents is 1. The summed E-state index contributed by atoms with van der Waals surface area (Å²) in [6, 6.07) is 3.95. The number of carbonyl (C=O) groups is 5. The Morgan fingerprint density at radius 1 is 1.15 bits per heavy atom. The Hall–Kier alpha value is -3.76. The van der Waals surface area contributed by atoms with Gasteiger partial charge in [0.2, 0.25) is 5.91 Å². The summed E-state index contributed by atoms with van der Waals surface area (Å²) in [5, 5.41) is 22.4. The van der Waals surface area contributed by atoms with E-state index in [-0.39, 0.29) is 24.2 Å². The standard InChI is InChI=1S/C29H31N3O7/c1-4-5-13-8-15(12-31-11-13)16-6-7-19(33)21-17(16)9-14-10-18-23(32(2)3)25(35)22(28(30)38)27(37)29(18,39)26(36)20(14)24(21)34/h6-8,11-12,14,18,20,22-23,33,39H,4-5,9-10H2,1-3H3,(H2,30,38). The number of nitrogens with two attached hydrogens (primary N) is 1. The van der Waals surface area contributed by atoms with E-state index in [1.54, 1.807) is 32.6 Å². The maximum absolute atomic E-state index is 13.9. The van der Waals surface area contributed by atoms with Crippen LogP contribution in [0.15, 0.2) is 30.6 Å². The largest absolute Gasteiger partial charge is 0.507 e.